The first-order valence-corrected chi connectivity index (χ1v) is 3.12. The van der Waals surface area contributed by atoms with Crippen molar-refractivity contribution in [1.29, 1.82) is 0 Å². The summed E-state index contributed by atoms with van der Waals surface area (Å²) in [4.78, 5) is 10.1. The van der Waals surface area contributed by atoms with Crippen LogP contribution in [0.2, 0.25) is 0 Å². The molecule has 3 nitrogen and oxygen atoms in total. The van der Waals surface area contributed by atoms with Gasteiger partial charge in [-0.05, 0) is 13.3 Å². The Balaban J connectivity index is 3.79. The Kier molecular flexibility index (Phi) is 4.14. The Bertz CT molecular complexity index is 166. The van der Waals surface area contributed by atoms with Crippen molar-refractivity contribution >= 4 is 6.09 Å². The van der Waals surface area contributed by atoms with Gasteiger partial charge in [-0.25, -0.2) is 4.79 Å². The quantitative estimate of drug-likeness (QED) is 0.565. The van der Waals surface area contributed by atoms with Crippen LogP contribution in [0, 0.1) is 11.8 Å². The van der Waals surface area contributed by atoms with Crippen molar-refractivity contribution < 1.29 is 9.90 Å². The fourth-order valence-corrected chi connectivity index (χ4v) is 0.563. The number of amides is 1. The van der Waals surface area contributed by atoms with Gasteiger partial charge in [0.2, 0.25) is 0 Å². The van der Waals surface area contributed by atoms with Crippen LogP contribution in [0.5, 0.6) is 0 Å². The summed E-state index contributed by atoms with van der Waals surface area (Å²) in [5.74, 6) is 5.37. The lowest BCUT2D eigenvalue weighted by Gasteiger charge is -2.05. The van der Waals surface area contributed by atoms with E-state index >= 15 is 0 Å². The highest BCUT2D eigenvalue weighted by Gasteiger charge is 2.02. The first kappa shape index (κ1) is 8.83. The largest absolute Gasteiger partial charge is 0.465 e. The molecule has 0 aromatic carbocycles. The van der Waals surface area contributed by atoms with E-state index in [-0.39, 0.29) is 6.04 Å². The van der Waals surface area contributed by atoms with Crippen molar-refractivity contribution in [2.24, 2.45) is 0 Å². The van der Waals surface area contributed by atoms with Crippen LogP contribution in [0.15, 0.2) is 0 Å². The molecular formula is C7H11NO2. The average molecular weight is 141 g/mol. The van der Waals surface area contributed by atoms with E-state index in [0.29, 0.717) is 6.42 Å². The Morgan fingerprint density at radius 1 is 1.80 bits per heavy atom. The van der Waals surface area contributed by atoms with Crippen LogP contribution in [-0.4, -0.2) is 17.2 Å². The molecule has 0 radical (unpaired) electrons. The number of rotatable bonds is 2. The van der Waals surface area contributed by atoms with E-state index in [1.54, 1.807) is 6.92 Å². The van der Waals surface area contributed by atoms with Gasteiger partial charge in [0.25, 0.3) is 0 Å². The minimum absolute atomic E-state index is 0.220. The van der Waals surface area contributed by atoms with E-state index in [1.807, 2.05) is 6.92 Å². The summed E-state index contributed by atoms with van der Waals surface area (Å²) >= 11 is 0. The molecule has 0 fully saturated rings. The van der Waals surface area contributed by atoms with Gasteiger partial charge in [0, 0.05) is 0 Å². The highest BCUT2D eigenvalue weighted by Crippen LogP contribution is 1.86. The van der Waals surface area contributed by atoms with Crippen LogP contribution in [-0.2, 0) is 0 Å². The molecule has 0 aromatic heterocycles. The SMILES string of the molecule is CC#CC(CC)NC(=O)O. The van der Waals surface area contributed by atoms with Gasteiger partial charge in [-0.1, -0.05) is 12.8 Å². The second-order valence-corrected chi connectivity index (χ2v) is 1.80. The zero-order valence-electron chi connectivity index (χ0n) is 6.14. The van der Waals surface area contributed by atoms with Crippen LogP contribution in [0.1, 0.15) is 20.3 Å². The first-order valence-electron chi connectivity index (χ1n) is 3.12. The molecule has 3 heteroatoms. The van der Waals surface area contributed by atoms with Crippen LogP contribution < -0.4 is 5.32 Å². The fourth-order valence-electron chi connectivity index (χ4n) is 0.563. The highest BCUT2D eigenvalue weighted by atomic mass is 16.4. The topological polar surface area (TPSA) is 49.3 Å². The molecule has 0 spiro atoms. The molecule has 1 amide bonds. The molecule has 1 atom stereocenters. The van der Waals surface area contributed by atoms with Crippen molar-refractivity contribution in [2.45, 2.75) is 26.3 Å². The standard InChI is InChI=1S/C7H11NO2/c1-3-5-6(4-2)8-7(9)10/h6,8H,4H2,1-2H3,(H,9,10). The van der Waals surface area contributed by atoms with Gasteiger partial charge < -0.3 is 10.4 Å². The van der Waals surface area contributed by atoms with E-state index in [4.69, 9.17) is 5.11 Å². The van der Waals surface area contributed by atoms with Crippen molar-refractivity contribution in [3.05, 3.63) is 0 Å². The lowest BCUT2D eigenvalue weighted by molar-refractivity contribution is 0.192. The van der Waals surface area contributed by atoms with E-state index in [2.05, 4.69) is 17.2 Å². The highest BCUT2D eigenvalue weighted by molar-refractivity contribution is 5.65. The predicted octanol–water partition coefficient (Wildman–Crippen LogP) is 1.06. The Labute approximate surface area is 60.4 Å². The normalized spacial score (nSPS) is 11.0. The van der Waals surface area contributed by atoms with E-state index in [0.717, 1.165) is 0 Å². The summed E-state index contributed by atoms with van der Waals surface area (Å²) in [5, 5.41) is 10.5. The second-order valence-electron chi connectivity index (χ2n) is 1.80. The Morgan fingerprint density at radius 2 is 2.40 bits per heavy atom. The number of carbonyl (C=O) groups is 1. The first-order chi connectivity index (χ1) is 4.70. The van der Waals surface area contributed by atoms with E-state index in [1.165, 1.54) is 0 Å². The Hall–Kier alpha value is -1.17. The number of carboxylic acid groups (broad SMARTS) is 1. The molecule has 0 aliphatic carbocycles. The van der Waals surface area contributed by atoms with Gasteiger partial charge in [-0.15, -0.1) is 5.92 Å². The second kappa shape index (κ2) is 4.68. The summed E-state index contributed by atoms with van der Waals surface area (Å²) in [6, 6.07) is -0.220. The fraction of sp³-hybridized carbons (Fsp3) is 0.571. The van der Waals surface area contributed by atoms with Crippen LogP contribution >= 0.6 is 0 Å². The van der Waals surface area contributed by atoms with Gasteiger partial charge in [-0.3, -0.25) is 0 Å². The summed E-state index contributed by atoms with van der Waals surface area (Å²) in [6.45, 7) is 3.57. The van der Waals surface area contributed by atoms with Crippen molar-refractivity contribution in [3.8, 4) is 11.8 Å². The van der Waals surface area contributed by atoms with Crippen molar-refractivity contribution in [3.63, 3.8) is 0 Å². The van der Waals surface area contributed by atoms with E-state index < -0.39 is 6.09 Å². The smallest absolute Gasteiger partial charge is 0.405 e. The molecule has 0 aliphatic heterocycles. The monoisotopic (exact) mass is 141 g/mol. The molecule has 0 bridgehead atoms. The Morgan fingerprint density at radius 3 is 2.70 bits per heavy atom. The minimum atomic E-state index is -1.02. The molecular weight excluding hydrogens is 130 g/mol. The van der Waals surface area contributed by atoms with Gasteiger partial charge in [0.15, 0.2) is 0 Å². The summed E-state index contributed by atoms with van der Waals surface area (Å²) in [6.07, 6.45) is -0.317. The van der Waals surface area contributed by atoms with Crippen molar-refractivity contribution in [2.75, 3.05) is 0 Å². The summed E-state index contributed by atoms with van der Waals surface area (Å²) < 4.78 is 0. The van der Waals surface area contributed by atoms with Crippen LogP contribution in [0.25, 0.3) is 0 Å². The van der Waals surface area contributed by atoms with Crippen LogP contribution in [0.3, 0.4) is 0 Å². The van der Waals surface area contributed by atoms with Gasteiger partial charge in [0.1, 0.15) is 0 Å². The molecule has 0 saturated carbocycles. The molecule has 0 aromatic rings. The lowest BCUT2D eigenvalue weighted by atomic mass is 10.2. The zero-order chi connectivity index (χ0) is 7.98. The number of hydrogen-bond acceptors (Lipinski definition) is 1. The number of nitrogens with one attached hydrogen (secondary N) is 1. The summed E-state index contributed by atoms with van der Waals surface area (Å²) in [7, 11) is 0. The molecule has 10 heavy (non-hydrogen) atoms. The molecule has 0 rings (SSSR count). The van der Waals surface area contributed by atoms with Gasteiger partial charge >= 0.3 is 6.09 Å². The third-order valence-corrected chi connectivity index (χ3v) is 1.02. The minimum Gasteiger partial charge on any atom is -0.465 e. The third-order valence-electron chi connectivity index (χ3n) is 1.02. The maximum atomic E-state index is 10.1. The zero-order valence-corrected chi connectivity index (χ0v) is 6.14. The molecule has 2 N–H and O–H groups in total. The third kappa shape index (κ3) is 3.79. The van der Waals surface area contributed by atoms with Crippen molar-refractivity contribution in [1.82, 2.24) is 5.32 Å². The predicted molar refractivity (Wildman–Crippen MR) is 38.7 cm³/mol. The van der Waals surface area contributed by atoms with Gasteiger partial charge in [0.05, 0.1) is 6.04 Å². The average Bonchev–Trinajstić information content (AvgIpc) is 1.86. The summed E-state index contributed by atoms with van der Waals surface area (Å²) in [5.41, 5.74) is 0. The lowest BCUT2D eigenvalue weighted by Crippen LogP contribution is -2.31. The number of hydrogen-bond donors (Lipinski definition) is 2. The molecule has 0 saturated heterocycles. The molecule has 1 unspecified atom stereocenters. The van der Waals surface area contributed by atoms with E-state index in [9.17, 15) is 4.79 Å². The molecule has 0 aliphatic rings. The van der Waals surface area contributed by atoms with Gasteiger partial charge in [-0.2, -0.15) is 0 Å². The maximum absolute atomic E-state index is 10.1. The van der Waals surface area contributed by atoms with Crippen LogP contribution in [0.4, 0.5) is 4.79 Å². The maximum Gasteiger partial charge on any atom is 0.405 e. The molecule has 56 valence electrons. The molecule has 0 heterocycles.